The summed E-state index contributed by atoms with van der Waals surface area (Å²) in [6.07, 6.45) is -4.16. The molecule has 1 rings (SSSR count). The van der Waals surface area contributed by atoms with Crippen LogP contribution in [0.1, 0.15) is 6.23 Å². The normalized spacial score (nSPS) is 20.0. The first-order valence-corrected chi connectivity index (χ1v) is 12.3. The van der Waals surface area contributed by atoms with Gasteiger partial charge >= 0.3 is 29.2 Å². The number of aromatic nitrogens is 2. The average molecular weight is 536 g/mol. The van der Waals surface area contributed by atoms with Crippen LogP contribution >= 0.6 is 23.5 Å². The Morgan fingerprint density at radius 1 is 1.12 bits per heavy atom. The third-order valence-corrected chi connectivity index (χ3v) is 6.92. The molecule has 0 fully saturated rings. The SMILES string of the molecule is O=c1ccn([C@@H](CO)O[C@](F)(COP(=O)(O)OP(=O)(O)OP(=O)(O)O)[C@@H](O)CF)c(=O)[nH]1. The molecule has 0 aliphatic rings. The standard InChI is InChI=1S/C10H17F2N2O15P3/c11-3-6(16)10(12,27-8(4-15)14-2-1-7(17)13-9(14)18)5-26-31(22,23)29-32(24,25)28-30(19,20)21/h1-2,6,8,15-16H,3-5H2,(H,22,23)(H,24,25)(H,13,17,18)(H2,19,20,21)/t6-,8+,10+/m0/s1. The lowest BCUT2D eigenvalue weighted by atomic mass is 10.2. The zero-order valence-corrected chi connectivity index (χ0v) is 18.0. The number of hydrogen-bond acceptors (Lipinski definition) is 11. The van der Waals surface area contributed by atoms with E-state index in [1.807, 2.05) is 0 Å². The third-order valence-electron chi connectivity index (χ3n) is 3.13. The first-order valence-electron chi connectivity index (χ1n) is 7.75. The number of H-pyrrole nitrogens is 1. The maximum Gasteiger partial charge on any atom is 0.490 e. The molecule has 17 nitrogen and oxygen atoms in total. The van der Waals surface area contributed by atoms with Crippen LogP contribution in [-0.2, 0) is 31.6 Å². The van der Waals surface area contributed by atoms with Crippen LogP contribution in [-0.4, -0.2) is 71.2 Å². The van der Waals surface area contributed by atoms with Gasteiger partial charge in [-0.3, -0.25) is 18.9 Å². The largest absolute Gasteiger partial charge is 0.490 e. The first-order chi connectivity index (χ1) is 14.4. The summed E-state index contributed by atoms with van der Waals surface area (Å²) in [7, 11) is -17.6. The van der Waals surface area contributed by atoms with Crippen molar-refractivity contribution < 1.29 is 70.1 Å². The Bertz CT molecular complexity index is 1040. The molecule has 0 radical (unpaired) electrons. The molecule has 1 aromatic heterocycles. The molecule has 32 heavy (non-hydrogen) atoms. The Hall–Kier alpha value is -1.17. The van der Waals surface area contributed by atoms with Gasteiger partial charge in [-0.05, 0) is 0 Å². The van der Waals surface area contributed by atoms with Gasteiger partial charge < -0.3 is 34.5 Å². The summed E-state index contributed by atoms with van der Waals surface area (Å²) in [5.74, 6) is -3.84. The van der Waals surface area contributed by atoms with Crippen LogP contribution in [0.4, 0.5) is 8.78 Å². The second-order valence-corrected chi connectivity index (χ2v) is 10.0. The van der Waals surface area contributed by atoms with Gasteiger partial charge in [0.25, 0.3) is 11.4 Å². The summed E-state index contributed by atoms with van der Waals surface area (Å²) in [5, 5.41) is 18.9. The fourth-order valence-electron chi connectivity index (χ4n) is 1.86. The quantitative estimate of drug-likeness (QED) is 0.140. The predicted octanol–water partition coefficient (Wildman–Crippen LogP) is -1.62. The number of nitrogens with zero attached hydrogens (tertiary/aromatic N) is 1. The lowest BCUT2D eigenvalue weighted by Gasteiger charge is -2.32. The molecule has 0 aliphatic carbocycles. The van der Waals surface area contributed by atoms with Gasteiger partial charge in [0.05, 0.1) is 6.61 Å². The van der Waals surface area contributed by atoms with Crippen molar-refractivity contribution in [1.82, 2.24) is 9.55 Å². The topological polar surface area (TPSA) is 264 Å². The fraction of sp³-hybridized carbons (Fsp3) is 0.600. The minimum Gasteiger partial charge on any atom is -0.392 e. The number of alkyl halides is 2. The van der Waals surface area contributed by atoms with Crippen LogP contribution in [0, 0.1) is 0 Å². The Labute approximate surface area is 175 Å². The van der Waals surface area contributed by atoms with Gasteiger partial charge in [-0.2, -0.15) is 8.62 Å². The van der Waals surface area contributed by atoms with Crippen LogP contribution < -0.4 is 11.2 Å². The molecule has 0 amide bonds. The van der Waals surface area contributed by atoms with Crippen molar-refractivity contribution in [3.63, 3.8) is 0 Å². The van der Waals surface area contributed by atoms with Crippen molar-refractivity contribution in [3.05, 3.63) is 33.1 Å². The number of ether oxygens (including phenoxy) is 1. The highest BCUT2D eigenvalue weighted by Gasteiger charge is 2.47. The molecule has 186 valence electrons. The van der Waals surface area contributed by atoms with E-state index in [1.54, 1.807) is 4.98 Å². The highest BCUT2D eigenvalue weighted by molar-refractivity contribution is 7.66. The third kappa shape index (κ3) is 8.99. The number of rotatable bonds is 13. The number of hydrogen-bond donors (Lipinski definition) is 7. The smallest absolute Gasteiger partial charge is 0.392 e. The van der Waals surface area contributed by atoms with Crippen molar-refractivity contribution in [1.29, 1.82) is 0 Å². The second-order valence-electron chi connectivity index (χ2n) is 5.59. The zero-order chi connectivity index (χ0) is 25.0. The lowest BCUT2D eigenvalue weighted by molar-refractivity contribution is -0.270. The summed E-state index contributed by atoms with van der Waals surface area (Å²) in [5.41, 5.74) is -2.15. The summed E-state index contributed by atoms with van der Waals surface area (Å²) >= 11 is 0. The number of nitrogens with one attached hydrogen (secondary N) is 1. The van der Waals surface area contributed by atoms with Crippen molar-refractivity contribution in [2.45, 2.75) is 18.2 Å². The van der Waals surface area contributed by atoms with Crippen LogP contribution in [0.3, 0.4) is 0 Å². The summed E-state index contributed by atoms with van der Waals surface area (Å²) in [6.45, 7) is -5.11. The lowest BCUT2D eigenvalue weighted by Crippen LogP contribution is -2.49. The van der Waals surface area contributed by atoms with E-state index < -0.39 is 72.8 Å². The van der Waals surface area contributed by atoms with E-state index in [4.69, 9.17) is 14.7 Å². The zero-order valence-electron chi connectivity index (χ0n) is 15.3. The molecule has 1 heterocycles. The minimum absolute atomic E-state index is 0.380. The van der Waals surface area contributed by atoms with Crippen LogP contribution in [0.2, 0.25) is 0 Å². The minimum atomic E-state index is -5.96. The molecule has 0 spiro atoms. The van der Waals surface area contributed by atoms with E-state index in [0.29, 0.717) is 10.8 Å². The van der Waals surface area contributed by atoms with E-state index in [0.717, 1.165) is 6.07 Å². The number of halogens is 2. The summed E-state index contributed by atoms with van der Waals surface area (Å²) in [4.78, 5) is 59.8. The molecule has 0 bridgehead atoms. The Morgan fingerprint density at radius 3 is 2.19 bits per heavy atom. The van der Waals surface area contributed by atoms with E-state index in [1.165, 1.54) is 0 Å². The van der Waals surface area contributed by atoms with Gasteiger partial charge in [-0.25, -0.2) is 27.3 Å². The molecular formula is C10H17F2N2O15P3. The van der Waals surface area contributed by atoms with E-state index in [9.17, 15) is 42.8 Å². The predicted molar refractivity (Wildman–Crippen MR) is 94.2 cm³/mol. The molecule has 22 heteroatoms. The maximum absolute atomic E-state index is 15.0. The molecule has 0 aromatic carbocycles. The monoisotopic (exact) mass is 536 g/mol. The first kappa shape index (κ1) is 28.9. The Morgan fingerprint density at radius 2 is 1.72 bits per heavy atom. The molecule has 2 unspecified atom stereocenters. The van der Waals surface area contributed by atoms with Crippen LogP contribution in [0.15, 0.2) is 21.9 Å². The highest BCUT2D eigenvalue weighted by atomic mass is 31.3. The van der Waals surface area contributed by atoms with Gasteiger partial charge in [0, 0.05) is 12.3 Å². The van der Waals surface area contributed by atoms with E-state index in [2.05, 4.69) is 17.9 Å². The van der Waals surface area contributed by atoms with Gasteiger partial charge in [-0.1, -0.05) is 0 Å². The number of aliphatic hydroxyl groups is 2. The molecule has 0 saturated heterocycles. The number of phosphoric ester groups is 1. The molecule has 5 atom stereocenters. The summed E-state index contributed by atoms with van der Waals surface area (Å²) < 4.78 is 77.1. The van der Waals surface area contributed by atoms with E-state index in [-0.39, 0.29) is 0 Å². The number of aliphatic hydroxyl groups excluding tert-OH is 2. The molecular weight excluding hydrogens is 519 g/mol. The maximum atomic E-state index is 15.0. The Balaban J connectivity index is 3.10. The molecule has 0 saturated carbocycles. The van der Waals surface area contributed by atoms with Crippen molar-refractivity contribution in [3.8, 4) is 0 Å². The second kappa shape index (κ2) is 10.8. The average Bonchev–Trinajstić information content (AvgIpc) is 2.61. The van der Waals surface area contributed by atoms with Gasteiger partial charge in [-0.15, -0.1) is 0 Å². The molecule has 7 N–H and O–H groups in total. The van der Waals surface area contributed by atoms with Crippen molar-refractivity contribution in [2.24, 2.45) is 0 Å². The number of phosphoric acid groups is 3. The van der Waals surface area contributed by atoms with Gasteiger partial charge in [0.2, 0.25) is 0 Å². The molecule has 0 aliphatic heterocycles. The van der Waals surface area contributed by atoms with Gasteiger partial charge in [0.1, 0.15) is 19.4 Å². The highest BCUT2D eigenvalue weighted by Crippen LogP contribution is 2.66. The van der Waals surface area contributed by atoms with Gasteiger partial charge in [0.15, 0.2) is 6.23 Å². The van der Waals surface area contributed by atoms with Crippen molar-refractivity contribution in [2.75, 3.05) is 19.9 Å². The van der Waals surface area contributed by atoms with Crippen LogP contribution in [0.25, 0.3) is 0 Å². The van der Waals surface area contributed by atoms with E-state index >= 15 is 4.39 Å². The fourth-order valence-corrected chi connectivity index (χ4v) is 4.89. The van der Waals surface area contributed by atoms with Crippen molar-refractivity contribution >= 4 is 23.5 Å². The number of aromatic amines is 1. The molecule has 1 aromatic rings. The van der Waals surface area contributed by atoms with Crippen LogP contribution in [0.5, 0.6) is 0 Å². The summed E-state index contributed by atoms with van der Waals surface area (Å²) in [6, 6.07) is 0.741. The Kier molecular flexibility index (Phi) is 9.78.